The van der Waals surface area contributed by atoms with Crippen molar-refractivity contribution < 1.29 is 17.0 Å². The van der Waals surface area contributed by atoms with Crippen LogP contribution in [0.2, 0.25) is 0 Å². The zero-order valence-corrected chi connectivity index (χ0v) is 8.72. The molecule has 1 heterocycles. The van der Waals surface area contributed by atoms with Gasteiger partial charge in [0.05, 0.1) is 13.6 Å². The largest absolute Gasteiger partial charge is 1.00 e. The van der Waals surface area contributed by atoms with Crippen LogP contribution in [0.1, 0.15) is 5.56 Å². The van der Waals surface area contributed by atoms with Gasteiger partial charge in [0, 0.05) is 5.10 Å². The maximum Gasteiger partial charge on any atom is 0.265 e. The first-order valence-corrected chi connectivity index (χ1v) is 4.26. The Hall–Kier alpha value is -1.35. The lowest BCUT2D eigenvalue weighted by atomic mass is 10.2. The predicted octanol–water partition coefficient (Wildman–Crippen LogP) is -2.24. The molecule has 0 saturated carbocycles. The minimum atomic E-state index is 0. The lowest BCUT2D eigenvalue weighted by Crippen LogP contribution is -3.00. The molecule has 4 heteroatoms. The standard InChI is InChI=1S/C10H12N3.ClH/c1-12-9-13(8-11-12)7-10-5-3-2-4-6-10;/h2-6,8-9H,7H2,1H3;1H/q+1;/p-1. The zero-order chi connectivity index (χ0) is 9.10. The number of aromatic nitrogens is 3. The molecule has 2 rings (SSSR count). The second-order valence-corrected chi connectivity index (χ2v) is 3.08. The third kappa shape index (κ3) is 2.57. The van der Waals surface area contributed by atoms with Crippen molar-refractivity contribution in [3.8, 4) is 0 Å². The van der Waals surface area contributed by atoms with Crippen molar-refractivity contribution in [2.24, 2.45) is 7.05 Å². The molecule has 0 fully saturated rings. The normalized spacial score (nSPS) is 9.50. The Kier molecular flexibility index (Phi) is 3.65. The van der Waals surface area contributed by atoms with E-state index >= 15 is 0 Å². The van der Waals surface area contributed by atoms with Gasteiger partial charge in [-0.2, -0.15) is 0 Å². The molecular formula is C10H12ClN3. The van der Waals surface area contributed by atoms with Crippen LogP contribution in [-0.4, -0.2) is 9.78 Å². The van der Waals surface area contributed by atoms with Gasteiger partial charge in [0.1, 0.15) is 0 Å². The number of nitrogens with zero attached hydrogens (tertiary/aromatic N) is 3. The van der Waals surface area contributed by atoms with Crippen molar-refractivity contribution in [1.29, 1.82) is 0 Å². The third-order valence-corrected chi connectivity index (χ3v) is 1.91. The second-order valence-electron chi connectivity index (χ2n) is 3.08. The maximum absolute atomic E-state index is 4.09. The van der Waals surface area contributed by atoms with Gasteiger partial charge in [-0.1, -0.05) is 30.3 Å². The Morgan fingerprint density at radius 3 is 2.57 bits per heavy atom. The summed E-state index contributed by atoms with van der Waals surface area (Å²) in [5.41, 5.74) is 1.29. The molecule has 0 radical (unpaired) electrons. The van der Waals surface area contributed by atoms with Gasteiger partial charge in [0.25, 0.3) is 6.33 Å². The first-order valence-electron chi connectivity index (χ1n) is 4.26. The molecule has 0 amide bonds. The van der Waals surface area contributed by atoms with Crippen molar-refractivity contribution in [1.82, 2.24) is 9.78 Å². The predicted molar refractivity (Wildman–Crippen MR) is 48.9 cm³/mol. The van der Waals surface area contributed by atoms with Crippen LogP contribution in [-0.2, 0) is 13.6 Å². The molecule has 0 spiro atoms. The number of benzene rings is 1. The molecule has 0 aliphatic rings. The van der Waals surface area contributed by atoms with Crippen LogP contribution in [0.3, 0.4) is 0 Å². The van der Waals surface area contributed by atoms with Gasteiger partial charge in [-0.25, -0.2) is 4.57 Å². The topological polar surface area (TPSA) is 21.7 Å². The lowest BCUT2D eigenvalue weighted by Gasteiger charge is -1.95. The van der Waals surface area contributed by atoms with Crippen LogP contribution >= 0.6 is 0 Å². The van der Waals surface area contributed by atoms with E-state index in [2.05, 4.69) is 21.8 Å². The number of hydrogen-bond acceptors (Lipinski definition) is 1. The summed E-state index contributed by atoms with van der Waals surface area (Å²) >= 11 is 0. The van der Waals surface area contributed by atoms with E-state index in [9.17, 15) is 0 Å². The first-order chi connectivity index (χ1) is 6.34. The molecule has 1 aromatic heterocycles. The lowest BCUT2D eigenvalue weighted by molar-refractivity contribution is -0.689. The van der Waals surface area contributed by atoms with E-state index in [1.165, 1.54) is 5.56 Å². The first kappa shape index (κ1) is 10.7. The number of hydrogen-bond donors (Lipinski definition) is 0. The summed E-state index contributed by atoms with van der Waals surface area (Å²) in [7, 11) is 1.92. The van der Waals surface area contributed by atoms with Crippen LogP contribution in [0.4, 0.5) is 0 Å². The molecule has 0 saturated heterocycles. The molecule has 0 aliphatic heterocycles. The Labute approximate surface area is 89.4 Å². The van der Waals surface area contributed by atoms with Gasteiger partial charge in [-0.15, -0.1) is 4.68 Å². The van der Waals surface area contributed by atoms with E-state index in [1.54, 1.807) is 4.68 Å². The molecule has 3 nitrogen and oxygen atoms in total. The summed E-state index contributed by atoms with van der Waals surface area (Å²) in [6.45, 7) is 0.884. The van der Waals surface area contributed by atoms with E-state index in [0.717, 1.165) is 6.54 Å². The summed E-state index contributed by atoms with van der Waals surface area (Å²) in [5.74, 6) is 0. The zero-order valence-electron chi connectivity index (χ0n) is 7.97. The minimum Gasteiger partial charge on any atom is -1.00 e. The van der Waals surface area contributed by atoms with Crippen LogP contribution in [0.25, 0.3) is 0 Å². The molecule has 14 heavy (non-hydrogen) atoms. The Morgan fingerprint density at radius 1 is 1.29 bits per heavy atom. The highest BCUT2D eigenvalue weighted by atomic mass is 35.5. The summed E-state index contributed by atoms with van der Waals surface area (Å²) < 4.78 is 3.85. The summed E-state index contributed by atoms with van der Waals surface area (Å²) in [6.07, 6.45) is 3.79. The number of halogens is 1. The Balaban J connectivity index is 0.000000980. The highest BCUT2D eigenvalue weighted by Crippen LogP contribution is 1.96. The molecule has 0 aliphatic carbocycles. The maximum atomic E-state index is 4.09. The minimum absolute atomic E-state index is 0. The van der Waals surface area contributed by atoms with Crippen LogP contribution < -0.4 is 17.0 Å². The van der Waals surface area contributed by atoms with Crippen molar-refractivity contribution in [3.05, 3.63) is 48.5 Å². The molecule has 1 aromatic carbocycles. The van der Waals surface area contributed by atoms with E-state index < -0.39 is 0 Å². The molecule has 74 valence electrons. The Morgan fingerprint density at radius 2 is 2.00 bits per heavy atom. The molecule has 0 unspecified atom stereocenters. The smallest absolute Gasteiger partial charge is 0.265 e. The number of aryl methyl sites for hydroxylation is 1. The van der Waals surface area contributed by atoms with E-state index in [0.29, 0.717) is 0 Å². The summed E-state index contributed by atoms with van der Waals surface area (Å²) in [4.78, 5) is 0. The molecule has 0 atom stereocenters. The summed E-state index contributed by atoms with van der Waals surface area (Å²) in [5, 5.41) is 4.09. The fourth-order valence-electron chi connectivity index (χ4n) is 1.30. The van der Waals surface area contributed by atoms with Crippen molar-refractivity contribution in [3.63, 3.8) is 0 Å². The SMILES string of the molecule is Cn1c[n+](Cc2ccccc2)cn1.[Cl-]. The molecule has 0 N–H and O–H groups in total. The van der Waals surface area contributed by atoms with Gasteiger partial charge in [-0.3, -0.25) is 0 Å². The van der Waals surface area contributed by atoms with Crippen LogP contribution in [0, 0.1) is 0 Å². The average molecular weight is 210 g/mol. The van der Waals surface area contributed by atoms with Gasteiger partial charge in [-0.05, 0) is 5.56 Å². The van der Waals surface area contributed by atoms with Gasteiger partial charge >= 0.3 is 0 Å². The fourth-order valence-corrected chi connectivity index (χ4v) is 1.30. The van der Waals surface area contributed by atoms with Gasteiger partial charge in [0.2, 0.25) is 6.33 Å². The second kappa shape index (κ2) is 4.77. The highest BCUT2D eigenvalue weighted by Gasteiger charge is 2.00. The fraction of sp³-hybridized carbons (Fsp3) is 0.200. The molecule has 2 aromatic rings. The van der Waals surface area contributed by atoms with E-state index in [4.69, 9.17) is 0 Å². The molecule has 0 bridgehead atoms. The Bertz CT molecular complexity index is 383. The van der Waals surface area contributed by atoms with E-state index in [1.807, 2.05) is 37.9 Å². The average Bonchev–Trinajstić information content (AvgIpc) is 2.53. The monoisotopic (exact) mass is 209 g/mol. The van der Waals surface area contributed by atoms with Crippen molar-refractivity contribution in [2.75, 3.05) is 0 Å². The van der Waals surface area contributed by atoms with E-state index in [-0.39, 0.29) is 12.4 Å². The van der Waals surface area contributed by atoms with Gasteiger partial charge < -0.3 is 12.4 Å². The van der Waals surface area contributed by atoms with Crippen LogP contribution in [0.5, 0.6) is 0 Å². The highest BCUT2D eigenvalue weighted by molar-refractivity contribution is 5.13. The number of rotatable bonds is 2. The summed E-state index contributed by atoms with van der Waals surface area (Å²) in [6, 6.07) is 10.3. The molecular weight excluding hydrogens is 198 g/mol. The quantitative estimate of drug-likeness (QED) is 0.513. The van der Waals surface area contributed by atoms with Crippen LogP contribution in [0.15, 0.2) is 43.0 Å². The third-order valence-electron chi connectivity index (χ3n) is 1.91. The van der Waals surface area contributed by atoms with Gasteiger partial charge in [0.15, 0.2) is 0 Å². The van der Waals surface area contributed by atoms with Crippen molar-refractivity contribution in [2.45, 2.75) is 6.54 Å². The van der Waals surface area contributed by atoms with Crippen molar-refractivity contribution >= 4 is 0 Å².